The van der Waals surface area contributed by atoms with E-state index in [0.29, 0.717) is 11.4 Å². The largest absolute Gasteiger partial charge is 0.480 e. The lowest BCUT2D eigenvalue weighted by atomic mass is 10.2. The van der Waals surface area contributed by atoms with E-state index in [4.69, 9.17) is 11.5 Å². The lowest BCUT2D eigenvalue weighted by molar-refractivity contribution is -0.139. The molecular formula is C11H14N4O3. The number of aromatic nitrogens is 2. The zero-order valence-electron chi connectivity index (χ0n) is 10.1. The highest BCUT2D eigenvalue weighted by molar-refractivity contribution is 5.92. The predicted molar refractivity (Wildman–Crippen MR) is 65.0 cm³/mol. The minimum atomic E-state index is -1.17. The van der Waals surface area contributed by atoms with E-state index >= 15 is 0 Å². The zero-order chi connectivity index (χ0) is 13.7. The van der Waals surface area contributed by atoms with Crippen LogP contribution in [0.25, 0.3) is 0 Å². The Balaban J connectivity index is 2.63. The third kappa shape index (κ3) is 3.52. The predicted octanol–water partition coefficient (Wildman–Crippen LogP) is 0.327. The van der Waals surface area contributed by atoms with E-state index in [9.17, 15) is 9.59 Å². The van der Waals surface area contributed by atoms with Crippen molar-refractivity contribution >= 4 is 17.7 Å². The summed E-state index contributed by atoms with van der Waals surface area (Å²) >= 11 is 0. The fourth-order valence-electron chi connectivity index (χ4n) is 1.36. The van der Waals surface area contributed by atoms with Crippen molar-refractivity contribution in [1.29, 1.82) is 0 Å². The maximum Gasteiger partial charge on any atom is 0.327 e. The molecule has 7 heteroatoms. The Kier molecular flexibility index (Phi) is 4.32. The van der Waals surface area contributed by atoms with E-state index < -0.39 is 18.0 Å². The molecule has 0 saturated heterocycles. The van der Waals surface area contributed by atoms with Gasteiger partial charge < -0.3 is 15.7 Å². The van der Waals surface area contributed by atoms with Gasteiger partial charge in [0, 0.05) is 19.7 Å². The molecule has 1 rings (SSSR count). The fourth-order valence-corrected chi connectivity index (χ4v) is 1.36. The third-order valence-electron chi connectivity index (χ3n) is 2.19. The molecule has 96 valence electrons. The molecule has 18 heavy (non-hydrogen) atoms. The monoisotopic (exact) mass is 250 g/mol. The lowest BCUT2D eigenvalue weighted by Gasteiger charge is -2.12. The first-order valence-corrected chi connectivity index (χ1v) is 5.18. The number of carboxylic acids is 1. The highest BCUT2D eigenvalue weighted by Gasteiger charge is 2.19. The quantitative estimate of drug-likeness (QED) is 0.671. The number of hydrogen-bond acceptors (Lipinski definition) is 3. The number of aliphatic carboxylic acids is 1. The number of carbonyl (C=O) groups is 2. The van der Waals surface area contributed by atoms with E-state index in [1.54, 1.807) is 24.9 Å². The number of amides is 2. The normalized spacial score (nSPS) is 11.4. The first-order chi connectivity index (χ1) is 8.43. The second kappa shape index (κ2) is 5.72. The van der Waals surface area contributed by atoms with Gasteiger partial charge in [-0.05, 0) is 6.92 Å². The summed E-state index contributed by atoms with van der Waals surface area (Å²) in [4.78, 5) is 22.4. The van der Waals surface area contributed by atoms with Gasteiger partial charge in [0.25, 0.3) is 0 Å². The van der Waals surface area contributed by atoms with Gasteiger partial charge in [0.15, 0.2) is 0 Å². The van der Waals surface area contributed by atoms with Crippen molar-refractivity contribution in [2.24, 2.45) is 7.05 Å². The molecule has 0 aromatic carbocycles. The van der Waals surface area contributed by atoms with E-state index in [1.807, 2.05) is 0 Å². The van der Waals surface area contributed by atoms with Crippen LogP contribution in [0.4, 0.5) is 10.5 Å². The number of urea groups is 1. The van der Waals surface area contributed by atoms with E-state index in [2.05, 4.69) is 21.7 Å². The van der Waals surface area contributed by atoms with Crippen molar-refractivity contribution in [2.75, 3.05) is 5.32 Å². The molecule has 7 nitrogen and oxygen atoms in total. The number of anilines is 1. The molecule has 0 spiro atoms. The average Bonchev–Trinajstić information content (AvgIpc) is 2.56. The molecule has 0 radical (unpaired) electrons. The second-order valence-corrected chi connectivity index (χ2v) is 3.70. The molecule has 1 aromatic heterocycles. The maximum atomic E-state index is 11.6. The van der Waals surface area contributed by atoms with Gasteiger partial charge >= 0.3 is 12.0 Å². The van der Waals surface area contributed by atoms with Gasteiger partial charge in [0.1, 0.15) is 6.04 Å². The molecule has 0 aliphatic heterocycles. The van der Waals surface area contributed by atoms with Crippen molar-refractivity contribution in [3.8, 4) is 12.3 Å². The zero-order valence-corrected chi connectivity index (χ0v) is 10.1. The highest BCUT2D eigenvalue weighted by atomic mass is 16.4. The van der Waals surface area contributed by atoms with Gasteiger partial charge in [0.05, 0.1) is 11.4 Å². The van der Waals surface area contributed by atoms with Gasteiger partial charge in [0.2, 0.25) is 0 Å². The Hall–Kier alpha value is -2.49. The molecule has 2 amide bonds. The molecule has 1 unspecified atom stereocenters. The van der Waals surface area contributed by atoms with E-state index in [-0.39, 0.29) is 6.42 Å². The molecule has 1 aromatic rings. The minimum absolute atomic E-state index is 0.0746. The topological polar surface area (TPSA) is 96.3 Å². The Labute approximate surface area is 104 Å². The van der Waals surface area contributed by atoms with Crippen LogP contribution in [-0.2, 0) is 11.8 Å². The molecule has 0 saturated carbocycles. The fraction of sp³-hybridized carbons (Fsp3) is 0.364. The molecule has 3 N–H and O–H groups in total. The SMILES string of the molecule is C#CCC(NC(=O)Nc1cn(C)nc1C)C(=O)O. The van der Waals surface area contributed by atoms with Crippen LogP contribution in [-0.4, -0.2) is 32.9 Å². The number of hydrogen-bond donors (Lipinski definition) is 3. The molecule has 0 bridgehead atoms. The minimum Gasteiger partial charge on any atom is -0.480 e. The van der Waals surface area contributed by atoms with Crippen molar-refractivity contribution < 1.29 is 14.7 Å². The van der Waals surface area contributed by atoms with Crippen molar-refractivity contribution in [3.05, 3.63) is 11.9 Å². The second-order valence-electron chi connectivity index (χ2n) is 3.70. The van der Waals surface area contributed by atoms with Crippen LogP contribution < -0.4 is 10.6 Å². The van der Waals surface area contributed by atoms with Crippen LogP contribution in [0.5, 0.6) is 0 Å². The standard InChI is InChI=1S/C11H14N4O3/c1-4-5-8(10(16)17)12-11(18)13-9-6-15(3)14-7(9)2/h1,6,8H,5H2,2-3H3,(H,16,17)(H2,12,13,18). The van der Waals surface area contributed by atoms with Crippen molar-refractivity contribution in [3.63, 3.8) is 0 Å². The number of nitrogens with zero attached hydrogens (tertiary/aromatic N) is 2. The van der Waals surface area contributed by atoms with E-state index in [0.717, 1.165) is 0 Å². The Morgan fingerprint density at radius 2 is 2.33 bits per heavy atom. The Morgan fingerprint density at radius 3 is 2.78 bits per heavy atom. The number of nitrogens with one attached hydrogen (secondary N) is 2. The van der Waals surface area contributed by atoms with Gasteiger partial charge in [-0.15, -0.1) is 12.3 Å². The molecule has 0 fully saturated rings. The first kappa shape index (κ1) is 13.6. The summed E-state index contributed by atoms with van der Waals surface area (Å²) in [6.45, 7) is 1.73. The number of terminal acetylenes is 1. The summed E-state index contributed by atoms with van der Waals surface area (Å²) in [5.41, 5.74) is 1.15. The van der Waals surface area contributed by atoms with Crippen LogP contribution in [0, 0.1) is 19.3 Å². The highest BCUT2D eigenvalue weighted by Crippen LogP contribution is 2.10. The Bertz CT molecular complexity index is 501. The number of carboxylic acid groups (broad SMARTS) is 1. The van der Waals surface area contributed by atoms with Crippen LogP contribution in [0.2, 0.25) is 0 Å². The molecule has 1 heterocycles. The third-order valence-corrected chi connectivity index (χ3v) is 2.19. The van der Waals surface area contributed by atoms with Gasteiger partial charge in [-0.1, -0.05) is 0 Å². The molecule has 0 aliphatic rings. The smallest absolute Gasteiger partial charge is 0.327 e. The maximum absolute atomic E-state index is 11.6. The number of rotatable bonds is 4. The van der Waals surface area contributed by atoms with Crippen LogP contribution >= 0.6 is 0 Å². The van der Waals surface area contributed by atoms with Gasteiger partial charge in [-0.2, -0.15) is 5.10 Å². The Morgan fingerprint density at radius 1 is 1.67 bits per heavy atom. The van der Waals surface area contributed by atoms with E-state index in [1.165, 1.54) is 0 Å². The van der Waals surface area contributed by atoms with Gasteiger partial charge in [-0.3, -0.25) is 4.68 Å². The van der Waals surface area contributed by atoms with Crippen LogP contribution in [0.1, 0.15) is 12.1 Å². The summed E-state index contributed by atoms with van der Waals surface area (Å²) in [7, 11) is 1.72. The van der Waals surface area contributed by atoms with Crippen molar-refractivity contribution in [1.82, 2.24) is 15.1 Å². The summed E-state index contributed by atoms with van der Waals surface area (Å²) in [5.74, 6) is 1.02. The summed E-state index contributed by atoms with van der Waals surface area (Å²) in [6.07, 6.45) is 6.57. The summed E-state index contributed by atoms with van der Waals surface area (Å²) in [6, 6.07) is -1.74. The lowest BCUT2D eigenvalue weighted by Crippen LogP contribution is -2.42. The molecule has 0 aliphatic carbocycles. The van der Waals surface area contributed by atoms with Crippen LogP contribution in [0.15, 0.2) is 6.20 Å². The first-order valence-electron chi connectivity index (χ1n) is 5.18. The summed E-state index contributed by atoms with van der Waals surface area (Å²) < 4.78 is 1.54. The van der Waals surface area contributed by atoms with Crippen molar-refractivity contribution in [2.45, 2.75) is 19.4 Å². The average molecular weight is 250 g/mol. The van der Waals surface area contributed by atoms with Crippen LogP contribution in [0.3, 0.4) is 0 Å². The van der Waals surface area contributed by atoms with Gasteiger partial charge in [-0.25, -0.2) is 9.59 Å². The molecular weight excluding hydrogens is 236 g/mol. The molecule has 1 atom stereocenters. The number of carbonyl (C=O) groups excluding carboxylic acids is 1. The summed E-state index contributed by atoms with van der Waals surface area (Å²) in [5, 5.41) is 17.6. The number of aryl methyl sites for hydroxylation is 2.